The van der Waals surface area contributed by atoms with Crippen molar-refractivity contribution >= 4 is 17.1 Å². The number of benzene rings is 3. The number of nitro benzene ring substituents is 1. The fourth-order valence-corrected chi connectivity index (χ4v) is 2.47. The summed E-state index contributed by atoms with van der Waals surface area (Å²) >= 11 is 0. The Morgan fingerprint density at radius 3 is 2.19 bits per heavy atom. The van der Waals surface area contributed by atoms with E-state index in [0.717, 1.165) is 6.07 Å². The lowest BCUT2D eigenvalue weighted by molar-refractivity contribution is -0.384. The van der Waals surface area contributed by atoms with Gasteiger partial charge in [-0.3, -0.25) is 10.1 Å². The number of aromatic hydroxyl groups is 4. The Morgan fingerprint density at radius 2 is 1.52 bits per heavy atom. The van der Waals surface area contributed by atoms with Crippen molar-refractivity contribution in [3.05, 3.63) is 64.7 Å². The highest BCUT2D eigenvalue weighted by Gasteiger charge is 2.26. The van der Waals surface area contributed by atoms with Gasteiger partial charge in [0.2, 0.25) is 0 Å². The van der Waals surface area contributed by atoms with E-state index >= 15 is 0 Å². The molecule has 0 aliphatic rings. The van der Waals surface area contributed by atoms with Crippen molar-refractivity contribution in [1.82, 2.24) is 0 Å². The molecular formula is C18H13N3O6. The van der Waals surface area contributed by atoms with Crippen molar-refractivity contribution in [2.24, 2.45) is 10.2 Å². The van der Waals surface area contributed by atoms with Crippen LogP contribution in [0, 0.1) is 10.1 Å². The van der Waals surface area contributed by atoms with E-state index in [0.29, 0.717) is 5.56 Å². The summed E-state index contributed by atoms with van der Waals surface area (Å²) in [5, 5.41) is 58.4. The van der Waals surface area contributed by atoms with Gasteiger partial charge in [-0.25, -0.2) is 0 Å². The van der Waals surface area contributed by atoms with Gasteiger partial charge in [0.25, 0.3) is 5.69 Å². The number of para-hydroxylation sites is 1. The third kappa shape index (κ3) is 3.33. The second-order valence-electron chi connectivity index (χ2n) is 5.46. The number of hydrogen-bond acceptors (Lipinski definition) is 8. The topological polar surface area (TPSA) is 149 Å². The van der Waals surface area contributed by atoms with Crippen molar-refractivity contribution < 1.29 is 25.3 Å². The average molecular weight is 367 g/mol. The summed E-state index contributed by atoms with van der Waals surface area (Å²) in [7, 11) is 0. The molecule has 3 rings (SSSR count). The van der Waals surface area contributed by atoms with E-state index in [-0.39, 0.29) is 16.9 Å². The van der Waals surface area contributed by atoms with E-state index in [1.54, 1.807) is 30.3 Å². The molecule has 9 heteroatoms. The summed E-state index contributed by atoms with van der Waals surface area (Å²) in [4.78, 5) is 10.7. The molecule has 0 heterocycles. The van der Waals surface area contributed by atoms with Crippen LogP contribution in [0.4, 0.5) is 17.1 Å². The highest BCUT2D eigenvalue weighted by Crippen LogP contribution is 2.49. The summed E-state index contributed by atoms with van der Waals surface area (Å²) in [6.07, 6.45) is 0. The van der Waals surface area contributed by atoms with E-state index < -0.39 is 33.6 Å². The van der Waals surface area contributed by atoms with E-state index in [4.69, 9.17) is 0 Å². The molecule has 3 aromatic carbocycles. The molecule has 27 heavy (non-hydrogen) atoms. The van der Waals surface area contributed by atoms with E-state index in [9.17, 15) is 30.5 Å². The predicted octanol–water partition coefficient (Wildman–Crippen LogP) is 4.50. The van der Waals surface area contributed by atoms with Gasteiger partial charge >= 0.3 is 0 Å². The van der Waals surface area contributed by atoms with Crippen molar-refractivity contribution in [2.75, 3.05) is 0 Å². The molecule has 0 bridgehead atoms. The predicted molar refractivity (Wildman–Crippen MR) is 95.8 cm³/mol. The van der Waals surface area contributed by atoms with Gasteiger partial charge < -0.3 is 20.4 Å². The zero-order valence-corrected chi connectivity index (χ0v) is 13.6. The third-order valence-corrected chi connectivity index (χ3v) is 3.74. The first-order chi connectivity index (χ1) is 12.9. The zero-order valence-electron chi connectivity index (χ0n) is 13.6. The van der Waals surface area contributed by atoms with E-state index in [1.165, 1.54) is 18.2 Å². The summed E-state index contributed by atoms with van der Waals surface area (Å²) < 4.78 is 0. The number of phenols is 4. The maximum absolute atomic E-state index is 11.5. The fourth-order valence-electron chi connectivity index (χ4n) is 2.47. The van der Waals surface area contributed by atoms with Gasteiger partial charge in [-0.2, -0.15) is 0 Å². The fraction of sp³-hybridized carbons (Fsp3) is 0. The molecule has 0 aromatic heterocycles. The molecule has 0 aliphatic heterocycles. The number of rotatable bonds is 4. The molecule has 3 aromatic rings. The van der Waals surface area contributed by atoms with Crippen LogP contribution in [0.3, 0.4) is 0 Å². The first-order valence-electron chi connectivity index (χ1n) is 7.61. The van der Waals surface area contributed by atoms with Gasteiger partial charge in [-0.15, -0.1) is 10.2 Å². The second-order valence-corrected chi connectivity index (χ2v) is 5.46. The monoisotopic (exact) mass is 367 g/mol. The van der Waals surface area contributed by atoms with Gasteiger partial charge in [-0.05, 0) is 17.7 Å². The van der Waals surface area contributed by atoms with Gasteiger partial charge in [-0.1, -0.05) is 36.4 Å². The van der Waals surface area contributed by atoms with Gasteiger partial charge in [0.1, 0.15) is 11.4 Å². The molecule has 136 valence electrons. The smallest absolute Gasteiger partial charge is 0.283 e. The Morgan fingerprint density at radius 1 is 0.815 bits per heavy atom. The molecule has 9 nitrogen and oxygen atoms in total. The Labute approximate surface area is 152 Å². The van der Waals surface area contributed by atoms with E-state index in [1.807, 2.05) is 0 Å². The molecule has 0 spiro atoms. The van der Waals surface area contributed by atoms with Crippen LogP contribution < -0.4 is 0 Å². The SMILES string of the molecule is O=[N+]([O-])c1cc(O)c(O)c(N=Nc2cccc(O)c2O)c1-c1ccccc1. The number of azo groups is 1. The highest BCUT2D eigenvalue weighted by atomic mass is 16.6. The largest absolute Gasteiger partial charge is 0.504 e. The minimum atomic E-state index is -0.740. The number of nitrogens with zero attached hydrogens (tertiary/aromatic N) is 3. The van der Waals surface area contributed by atoms with Gasteiger partial charge in [0, 0.05) is 0 Å². The van der Waals surface area contributed by atoms with Crippen molar-refractivity contribution in [1.29, 1.82) is 0 Å². The Hall–Kier alpha value is -4.14. The summed E-state index contributed by atoms with van der Waals surface area (Å²) in [5.41, 5.74) is -0.645. The molecule has 0 saturated heterocycles. The summed E-state index contributed by atoms with van der Waals surface area (Å²) in [6.45, 7) is 0. The molecule has 0 radical (unpaired) electrons. The van der Waals surface area contributed by atoms with Crippen molar-refractivity contribution in [3.8, 4) is 34.1 Å². The molecule has 0 unspecified atom stereocenters. The first-order valence-corrected chi connectivity index (χ1v) is 7.61. The molecule has 0 saturated carbocycles. The maximum Gasteiger partial charge on any atom is 0.283 e. The molecular weight excluding hydrogens is 354 g/mol. The Kier molecular flexibility index (Phi) is 4.58. The molecule has 4 N–H and O–H groups in total. The minimum Gasteiger partial charge on any atom is -0.504 e. The van der Waals surface area contributed by atoms with E-state index in [2.05, 4.69) is 10.2 Å². The summed E-state index contributed by atoms with van der Waals surface area (Å²) in [6, 6.07) is 13.0. The second kappa shape index (κ2) is 7.00. The minimum absolute atomic E-state index is 0.0562. The van der Waals surface area contributed by atoms with Gasteiger partial charge in [0.15, 0.2) is 23.0 Å². The molecule has 0 atom stereocenters. The molecule has 0 amide bonds. The summed E-state index contributed by atoms with van der Waals surface area (Å²) in [5.74, 6) is -2.42. The van der Waals surface area contributed by atoms with Crippen LogP contribution in [0.1, 0.15) is 0 Å². The normalized spacial score (nSPS) is 11.0. The quantitative estimate of drug-likeness (QED) is 0.231. The maximum atomic E-state index is 11.5. The van der Waals surface area contributed by atoms with Crippen molar-refractivity contribution in [2.45, 2.75) is 0 Å². The zero-order chi connectivity index (χ0) is 19.6. The lowest BCUT2D eigenvalue weighted by atomic mass is 10.0. The highest BCUT2D eigenvalue weighted by molar-refractivity contribution is 5.89. The van der Waals surface area contributed by atoms with Gasteiger partial charge in [0.05, 0.1) is 16.6 Å². The van der Waals surface area contributed by atoms with Crippen LogP contribution in [-0.4, -0.2) is 25.3 Å². The van der Waals surface area contributed by atoms with Crippen LogP contribution >= 0.6 is 0 Å². The Bertz CT molecular complexity index is 1050. The van der Waals surface area contributed by atoms with Crippen LogP contribution in [-0.2, 0) is 0 Å². The molecule has 0 aliphatic carbocycles. The average Bonchev–Trinajstić information content (AvgIpc) is 2.66. The van der Waals surface area contributed by atoms with Crippen LogP contribution in [0.2, 0.25) is 0 Å². The molecule has 0 fully saturated rings. The number of hydrogen-bond donors (Lipinski definition) is 4. The van der Waals surface area contributed by atoms with Crippen LogP contribution in [0.25, 0.3) is 11.1 Å². The lowest BCUT2D eigenvalue weighted by Crippen LogP contribution is -1.93. The van der Waals surface area contributed by atoms with Crippen LogP contribution in [0.15, 0.2) is 64.8 Å². The third-order valence-electron chi connectivity index (χ3n) is 3.74. The first kappa shape index (κ1) is 17.7. The number of phenolic OH excluding ortho intramolecular Hbond substituents is 4. The lowest BCUT2D eigenvalue weighted by Gasteiger charge is -2.10. The standard InChI is InChI=1S/C18H13N3O6/c22-13-8-4-7-11(17(13)24)19-20-16-15(10-5-2-1-3-6-10)12(21(26)27)9-14(23)18(16)25/h1-9,22-25H. The van der Waals surface area contributed by atoms with Crippen LogP contribution in [0.5, 0.6) is 23.0 Å². The Balaban J connectivity index is 2.26. The number of nitro groups is 1. The van der Waals surface area contributed by atoms with Crippen molar-refractivity contribution in [3.63, 3.8) is 0 Å².